The van der Waals surface area contributed by atoms with Gasteiger partial charge in [-0.2, -0.15) is 0 Å². The molecule has 1 aliphatic carbocycles. The van der Waals surface area contributed by atoms with Crippen LogP contribution in [-0.2, 0) is 16.0 Å². The molecular weight excluding hydrogens is 367 g/mol. The topological polar surface area (TPSA) is 69.0 Å². The van der Waals surface area contributed by atoms with Crippen molar-refractivity contribution in [2.45, 2.75) is 43.4 Å². The van der Waals surface area contributed by atoms with Crippen LogP contribution >= 0.6 is 11.8 Å². The molecule has 1 saturated carbocycles. The number of carbonyl (C=O) groups is 1. The minimum atomic E-state index is -0.320. The number of halogens is 1. The number of benzene rings is 1. The van der Waals surface area contributed by atoms with Crippen LogP contribution in [0, 0.1) is 11.7 Å². The summed E-state index contributed by atoms with van der Waals surface area (Å²) in [6.07, 6.45) is 4.78. The van der Waals surface area contributed by atoms with E-state index >= 15 is 0 Å². The summed E-state index contributed by atoms with van der Waals surface area (Å²) >= 11 is 1.53. The van der Waals surface area contributed by atoms with Crippen molar-refractivity contribution >= 4 is 17.7 Å². The number of rotatable bonds is 8. The fourth-order valence-electron chi connectivity index (χ4n) is 3.16. The minimum Gasteiger partial charge on any atom is -0.377 e. The molecule has 1 aromatic carbocycles. The van der Waals surface area contributed by atoms with Crippen LogP contribution in [0.5, 0.6) is 0 Å². The minimum absolute atomic E-state index is 0.0972. The molecule has 0 bridgehead atoms. The Balaban J connectivity index is 1.50. The van der Waals surface area contributed by atoms with E-state index < -0.39 is 0 Å². The Morgan fingerprint density at radius 2 is 2.15 bits per heavy atom. The summed E-state index contributed by atoms with van der Waals surface area (Å²) in [7, 11) is 0. The van der Waals surface area contributed by atoms with Crippen LogP contribution in [0.4, 0.5) is 4.39 Å². The van der Waals surface area contributed by atoms with Crippen LogP contribution in [0.1, 0.15) is 31.5 Å². The highest BCUT2D eigenvalue weighted by Crippen LogP contribution is 2.29. The molecule has 1 amide bonds. The molecule has 6 nitrogen and oxygen atoms in total. The summed E-state index contributed by atoms with van der Waals surface area (Å²) in [5.41, 5.74) is 0.431. The second kappa shape index (κ2) is 8.39. The second-order valence-electron chi connectivity index (χ2n) is 6.95. The first-order chi connectivity index (χ1) is 13.2. The summed E-state index contributed by atoms with van der Waals surface area (Å²) in [5, 5.41) is 12.1. The molecule has 1 aliphatic heterocycles. The number of hydrogen-bond acceptors (Lipinski definition) is 5. The predicted molar refractivity (Wildman–Crippen MR) is 100 cm³/mol. The molecule has 1 unspecified atom stereocenters. The van der Waals surface area contributed by atoms with E-state index in [1.807, 2.05) is 0 Å². The molecule has 2 fully saturated rings. The van der Waals surface area contributed by atoms with Gasteiger partial charge in [-0.05, 0) is 37.8 Å². The van der Waals surface area contributed by atoms with E-state index in [-0.39, 0.29) is 23.7 Å². The first kappa shape index (κ1) is 18.4. The number of nitrogens with one attached hydrogen (secondary N) is 1. The lowest BCUT2D eigenvalue weighted by Gasteiger charge is -2.13. The fourth-order valence-corrected chi connectivity index (χ4v) is 4.19. The molecule has 1 N–H and O–H groups in total. The Hall–Kier alpha value is -1.93. The predicted octanol–water partition coefficient (Wildman–Crippen LogP) is 2.75. The summed E-state index contributed by atoms with van der Waals surface area (Å²) in [5.74, 6) is 1.36. The average molecular weight is 390 g/mol. The third kappa shape index (κ3) is 4.50. The van der Waals surface area contributed by atoms with Gasteiger partial charge < -0.3 is 10.1 Å². The molecule has 0 spiro atoms. The third-order valence-corrected chi connectivity index (χ3v) is 5.87. The number of para-hydroxylation sites is 1. The molecule has 2 aliphatic rings. The Kier molecular flexibility index (Phi) is 5.73. The summed E-state index contributed by atoms with van der Waals surface area (Å²) < 4.78 is 21.9. The zero-order valence-corrected chi connectivity index (χ0v) is 15.9. The fraction of sp³-hybridized carbons (Fsp3) is 0.526. The van der Waals surface area contributed by atoms with Crippen LogP contribution in [0.2, 0.25) is 0 Å². The van der Waals surface area contributed by atoms with Crippen LogP contribution < -0.4 is 5.32 Å². The van der Waals surface area contributed by atoms with Crippen molar-refractivity contribution < 1.29 is 13.9 Å². The average Bonchev–Trinajstić information content (AvgIpc) is 3.25. The van der Waals surface area contributed by atoms with Crippen LogP contribution in [-0.4, -0.2) is 45.7 Å². The highest BCUT2D eigenvalue weighted by Gasteiger charge is 2.29. The Morgan fingerprint density at radius 3 is 2.89 bits per heavy atom. The van der Waals surface area contributed by atoms with Gasteiger partial charge in [0.1, 0.15) is 11.6 Å². The first-order valence-corrected chi connectivity index (χ1v) is 10.4. The maximum atomic E-state index is 14.4. The van der Waals surface area contributed by atoms with Crippen molar-refractivity contribution in [2.75, 3.05) is 18.9 Å². The van der Waals surface area contributed by atoms with E-state index in [2.05, 4.69) is 15.5 Å². The van der Waals surface area contributed by atoms with Crippen LogP contribution in [0.15, 0.2) is 29.4 Å². The van der Waals surface area contributed by atoms with Gasteiger partial charge in [0.15, 0.2) is 5.16 Å². The molecular formula is C19H23FN4O2S. The molecule has 2 heterocycles. The molecule has 144 valence electrons. The molecule has 1 aromatic heterocycles. The van der Waals surface area contributed by atoms with Gasteiger partial charge in [-0.3, -0.25) is 9.36 Å². The maximum Gasteiger partial charge on any atom is 0.223 e. The van der Waals surface area contributed by atoms with Gasteiger partial charge in [0.25, 0.3) is 0 Å². The SMILES string of the molecule is O=C(NCCc1nnc(SCC2CCCO2)n1-c1ccccc1F)C1CC1. The Labute approximate surface area is 161 Å². The number of aromatic nitrogens is 3. The zero-order valence-electron chi connectivity index (χ0n) is 15.1. The van der Waals surface area contributed by atoms with E-state index in [1.165, 1.54) is 17.8 Å². The lowest BCUT2D eigenvalue weighted by molar-refractivity contribution is -0.122. The second-order valence-corrected chi connectivity index (χ2v) is 7.93. The van der Waals surface area contributed by atoms with Gasteiger partial charge in [-0.15, -0.1) is 10.2 Å². The summed E-state index contributed by atoms with van der Waals surface area (Å²) in [6.45, 7) is 1.27. The molecule has 1 atom stereocenters. The Morgan fingerprint density at radius 1 is 1.30 bits per heavy atom. The number of carbonyl (C=O) groups excluding carboxylic acids is 1. The van der Waals surface area contributed by atoms with E-state index in [0.29, 0.717) is 29.6 Å². The van der Waals surface area contributed by atoms with Crippen LogP contribution in [0.25, 0.3) is 5.69 Å². The monoisotopic (exact) mass is 390 g/mol. The molecule has 0 radical (unpaired) electrons. The molecule has 2 aromatic rings. The number of amides is 1. The Bertz CT molecular complexity index is 803. The third-order valence-electron chi connectivity index (χ3n) is 4.81. The zero-order chi connectivity index (χ0) is 18.6. The van der Waals surface area contributed by atoms with Gasteiger partial charge in [0.05, 0.1) is 11.8 Å². The maximum absolute atomic E-state index is 14.4. The van der Waals surface area contributed by atoms with E-state index in [9.17, 15) is 9.18 Å². The number of ether oxygens (including phenoxy) is 1. The largest absolute Gasteiger partial charge is 0.377 e. The summed E-state index contributed by atoms with van der Waals surface area (Å²) in [6, 6.07) is 6.62. The quantitative estimate of drug-likeness (QED) is 0.702. The van der Waals surface area contributed by atoms with Crippen LogP contribution in [0.3, 0.4) is 0 Å². The number of nitrogens with zero attached hydrogens (tertiary/aromatic N) is 3. The van der Waals surface area contributed by atoms with Crippen molar-refractivity contribution in [1.82, 2.24) is 20.1 Å². The van der Waals surface area contributed by atoms with Gasteiger partial charge >= 0.3 is 0 Å². The van der Waals surface area contributed by atoms with Gasteiger partial charge in [-0.25, -0.2) is 4.39 Å². The number of thioether (sulfide) groups is 1. The van der Waals surface area contributed by atoms with E-state index in [1.54, 1.807) is 22.8 Å². The number of hydrogen-bond donors (Lipinski definition) is 1. The summed E-state index contributed by atoms with van der Waals surface area (Å²) in [4.78, 5) is 11.8. The first-order valence-electron chi connectivity index (χ1n) is 9.43. The van der Waals surface area contributed by atoms with Gasteiger partial charge in [-0.1, -0.05) is 23.9 Å². The van der Waals surface area contributed by atoms with Crippen molar-refractivity contribution in [3.63, 3.8) is 0 Å². The normalized spacial score (nSPS) is 19.4. The van der Waals surface area contributed by atoms with Gasteiger partial charge in [0, 0.05) is 31.2 Å². The smallest absolute Gasteiger partial charge is 0.223 e. The molecule has 4 rings (SSSR count). The molecule has 8 heteroatoms. The molecule has 1 saturated heterocycles. The van der Waals surface area contributed by atoms with E-state index in [0.717, 1.165) is 38.0 Å². The van der Waals surface area contributed by atoms with Crippen molar-refractivity contribution in [2.24, 2.45) is 5.92 Å². The lowest BCUT2D eigenvalue weighted by Crippen LogP contribution is -2.27. The van der Waals surface area contributed by atoms with Crippen molar-refractivity contribution in [3.8, 4) is 5.69 Å². The highest BCUT2D eigenvalue weighted by atomic mass is 32.2. The standard InChI is InChI=1S/C19H23FN4O2S/c20-15-5-1-2-6-16(15)24-17(9-10-21-18(25)13-7-8-13)22-23-19(24)27-12-14-4-3-11-26-14/h1-2,5-6,13-14H,3-4,7-12H2,(H,21,25). The van der Waals surface area contributed by atoms with Crippen molar-refractivity contribution in [3.05, 3.63) is 35.9 Å². The van der Waals surface area contributed by atoms with Gasteiger partial charge in [0.2, 0.25) is 5.91 Å². The van der Waals surface area contributed by atoms with Crippen molar-refractivity contribution in [1.29, 1.82) is 0 Å². The van der Waals surface area contributed by atoms with E-state index in [4.69, 9.17) is 4.74 Å². The molecule has 27 heavy (non-hydrogen) atoms. The lowest BCUT2D eigenvalue weighted by atomic mass is 10.3. The highest BCUT2D eigenvalue weighted by molar-refractivity contribution is 7.99.